The molecule has 0 rings (SSSR count). The van der Waals surface area contributed by atoms with Gasteiger partial charge in [-0.25, -0.2) is 0 Å². The molecule has 0 unspecified atom stereocenters. The molecule has 0 spiro atoms. The van der Waals surface area contributed by atoms with Crippen LogP contribution >= 0.6 is 0 Å². The molecule has 0 radical (unpaired) electrons. The van der Waals surface area contributed by atoms with Crippen molar-refractivity contribution < 1.29 is 24.3 Å². The van der Waals surface area contributed by atoms with Gasteiger partial charge in [-0.2, -0.15) is 0 Å². The van der Waals surface area contributed by atoms with E-state index in [1.165, 1.54) is 6.92 Å². The second-order valence-corrected chi connectivity index (χ2v) is 2.88. The Bertz CT molecular complexity index is 315. The van der Waals surface area contributed by atoms with E-state index in [0.29, 0.717) is 4.90 Å². The Morgan fingerprint density at radius 3 is 2.19 bits per heavy atom. The van der Waals surface area contributed by atoms with Crippen LogP contribution < -0.4 is 11.1 Å². The lowest BCUT2D eigenvalue weighted by Crippen LogP contribution is -2.47. The molecule has 0 saturated carbocycles. The molecule has 0 aliphatic heterocycles. The molecule has 0 saturated heterocycles. The first-order chi connectivity index (χ1) is 7.38. The SMILES string of the molecule is CC(=O)NCC(=O)N(CC(=O)O)C(=O)CN. The molecule has 8 nitrogen and oxygen atoms in total. The topological polar surface area (TPSA) is 130 Å². The molecule has 0 aromatic carbocycles. The number of nitrogens with one attached hydrogen (secondary N) is 1. The number of carboxylic acids is 1. The van der Waals surface area contributed by atoms with Crippen molar-refractivity contribution in [2.45, 2.75) is 6.92 Å². The summed E-state index contributed by atoms with van der Waals surface area (Å²) >= 11 is 0. The van der Waals surface area contributed by atoms with Gasteiger partial charge in [0.25, 0.3) is 0 Å². The van der Waals surface area contributed by atoms with E-state index < -0.39 is 43.3 Å². The van der Waals surface area contributed by atoms with E-state index in [2.05, 4.69) is 5.32 Å². The summed E-state index contributed by atoms with van der Waals surface area (Å²) in [6.07, 6.45) is 0. The van der Waals surface area contributed by atoms with E-state index in [1.807, 2.05) is 0 Å². The first-order valence-electron chi connectivity index (χ1n) is 4.38. The molecule has 0 aliphatic rings. The molecular formula is C8H13N3O5. The van der Waals surface area contributed by atoms with Gasteiger partial charge >= 0.3 is 5.97 Å². The van der Waals surface area contributed by atoms with Crippen molar-refractivity contribution in [3.63, 3.8) is 0 Å². The van der Waals surface area contributed by atoms with Crippen molar-refractivity contribution in [1.82, 2.24) is 10.2 Å². The van der Waals surface area contributed by atoms with Crippen LogP contribution in [0.2, 0.25) is 0 Å². The molecule has 90 valence electrons. The smallest absolute Gasteiger partial charge is 0.323 e. The summed E-state index contributed by atoms with van der Waals surface area (Å²) in [5.41, 5.74) is 5.02. The Balaban J connectivity index is 4.49. The fourth-order valence-electron chi connectivity index (χ4n) is 0.856. The molecule has 0 bridgehead atoms. The summed E-state index contributed by atoms with van der Waals surface area (Å²) < 4.78 is 0. The summed E-state index contributed by atoms with van der Waals surface area (Å²) in [4.78, 5) is 43.9. The number of nitrogens with two attached hydrogens (primary N) is 1. The van der Waals surface area contributed by atoms with Crippen LogP contribution in [0.5, 0.6) is 0 Å². The Morgan fingerprint density at radius 1 is 1.25 bits per heavy atom. The monoisotopic (exact) mass is 231 g/mol. The van der Waals surface area contributed by atoms with Gasteiger partial charge in [0.15, 0.2) is 0 Å². The number of rotatable bonds is 5. The first kappa shape index (κ1) is 14.0. The zero-order chi connectivity index (χ0) is 12.7. The van der Waals surface area contributed by atoms with Crippen LogP contribution in [0.15, 0.2) is 0 Å². The highest BCUT2D eigenvalue weighted by Gasteiger charge is 2.22. The molecule has 8 heteroatoms. The van der Waals surface area contributed by atoms with Crippen LogP contribution in [0.3, 0.4) is 0 Å². The maximum Gasteiger partial charge on any atom is 0.323 e. The lowest BCUT2D eigenvalue weighted by atomic mass is 10.4. The Labute approximate surface area is 91.4 Å². The highest BCUT2D eigenvalue weighted by Crippen LogP contribution is 1.90. The lowest BCUT2D eigenvalue weighted by molar-refractivity contribution is -0.151. The third kappa shape index (κ3) is 5.05. The van der Waals surface area contributed by atoms with Gasteiger partial charge in [-0.1, -0.05) is 0 Å². The van der Waals surface area contributed by atoms with Crippen LogP contribution in [0.25, 0.3) is 0 Å². The standard InChI is InChI=1S/C8H13N3O5/c1-5(12)10-3-7(14)11(4-8(15)16)6(13)2-9/h2-4,9H2,1H3,(H,10,12)(H,15,16). The fraction of sp³-hybridized carbons (Fsp3) is 0.500. The van der Waals surface area contributed by atoms with Gasteiger partial charge in [0.05, 0.1) is 13.1 Å². The van der Waals surface area contributed by atoms with Crippen LogP contribution in [-0.2, 0) is 19.2 Å². The first-order valence-corrected chi connectivity index (χ1v) is 4.38. The maximum atomic E-state index is 11.4. The number of carboxylic acid groups (broad SMARTS) is 1. The summed E-state index contributed by atoms with van der Waals surface area (Å²) in [6.45, 7) is -0.485. The van der Waals surface area contributed by atoms with Crippen molar-refractivity contribution in [3.05, 3.63) is 0 Å². The van der Waals surface area contributed by atoms with E-state index in [0.717, 1.165) is 0 Å². The number of carbonyl (C=O) groups excluding carboxylic acids is 3. The zero-order valence-electron chi connectivity index (χ0n) is 8.73. The summed E-state index contributed by atoms with van der Waals surface area (Å²) in [6, 6.07) is 0. The van der Waals surface area contributed by atoms with Crippen LogP contribution in [0.1, 0.15) is 6.92 Å². The van der Waals surface area contributed by atoms with Gasteiger partial charge in [-0.05, 0) is 0 Å². The molecule has 4 N–H and O–H groups in total. The number of hydrogen-bond donors (Lipinski definition) is 3. The largest absolute Gasteiger partial charge is 0.480 e. The highest BCUT2D eigenvalue weighted by atomic mass is 16.4. The van der Waals surface area contributed by atoms with Crippen molar-refractivity contribution in [2.75, 3.05) is 19.6 Å². The third-order valence-electron chi connectivity index (χ3n) is 1.56. The Hall–Kier alpha value is -1.96. The van der Waals surface area contributed by atoms with Crippen molar-refractivity contribution in [3.8, 4) is 0 Å². The van der Waals surface area contributed by atoms with Gasteiger partial charge in [0, 0.05) is 6.92 Å². The molecule has 0 heterocycles. The Morgan fingerprint density at radius 2 is 1.81 bits per heavy atom. The maximum absolute atomic E-state index is 11.4. The zero-order valence-corrected chi connectivity index (χ0v) is 8.73. The lowest BCUT2D eigenvalue weighted by Gasteiger charge is -2.17. The van der Waals surface area contributed by atoms with Crippen molar-refractivity contribution >= 4 is 23.7 Å². The molecule has 16 heavy (non-hydrogen) atoms. The second kappa shape index (κ2) is 6.51. The molecule has 0 aromatic rings. The second-order valence-electron chi connectivity index (χ2n) is 2.88. The van der Waals surface area contributed by atoms with Gasteiger partial charge in [-0.3, -0.25) is 24.1 Å². The van der Waals surface area contributed by atoms with Crippen LogP contribution in [0, 0.1) is 0 Å². The van der Waals surface area contributed by atoms with Gasteiger partial charge in [0.1, 0.15) is 6.54 Å². The third-order valence-corrected chi connectivity index (χ3v) is 1.56. The fourth-order valence-corrected chi connectivity index (χ4v) is 0.856. The highest BCUT2D eigenvalue weighted by molar-refractivity contribution is 6.00. The predicted octanol–water partition coefficient (Wildman–Crippen LogP) is -2.48. The minimum absolute atomic E-state index is 0.436. The number of imide groups is 1. The number of aliphatic carboxylic acids is 1. The molecule has 0 aromatic heterocycles. The Kier molecular flexibility index (Phi) is 5.71. The van der Waals surface area contributed by atoms with Gasteiger partial charge < -0.3 is 16.2 Å². The summed E-state index contributed by atoms with van der Waals surface area (Å²) in [5, 5.41) is 10.6. The summed E-state index contributed by atoms with van der Waals surface area (Å²) in [7, 11) is 0. The number of hydrogen-bond acceptors (Lipinski definition) is 5. The number of carbonyl (C=O) groups is 4. The van der Waals surface area contributed by atoms with E-state index >= 15 is 0 Å². The molecule has 0 fully saturated rings. The molecule has 0 atom stereocenters. The van der Waals surface area contributed by atoms with Crippen LogP contribution in [0.4, 0.5) is 0 Å². The quantitative estimate of drug-likeness (QED) is 0.480. The molecular weight excluding hydrogens is 218 g/mol. The predicted molar refractivity (Wildman–Crippen MR) is 52.1 cm³/mol. The minimum atomic E-state index is -1.34. The van der Waals surface area contributed by atoms with Gasteiger partial charge in [0.2, 0.25) is 17.7 Å². The molecule has 0 aliphatic carbocycles. The van der Waals surface area contributed by atoms with Crippen molar-refractivity contribution in [1.29, 1.82) is 0 Å². The molecule has 3 amide bonds. The average Bonchev–Trinajstić information content (AvgIpc) is 2.21. The van der Waals surface area contributed by atoms with E-state index in [1.54, 1.807) is 0 Å². The van der Waals surface area contributed by atoms with Gasteiger partial charge in [-0.15, -0.1) is 0 Å². The van der Waals surface area contributed by atoms with E-state index in [-0.39, 0.29) is 0 Å². The normalized spacial score (nSPS) is 9.38. The minimum Gasteiger partial charge on any atom is -0.480 e. The summed E-state index contributed by atoms with van der Waals surface area (Å²) in [5.74, 6) is -3.41. The van der Waals surface area contributed by atoms with Crippen molar-refractivity contribution in [2.24, 2.45) is 5.73 Å². The average molecular weight is 231 g/mol. The van der Waals surface area contributed by atoms with Crippen LogP contribution in [-0.4, -0.2) is 53.3 Å². The number of nitrogens with zero attached hydrogens (tertiary/aromatic N) is 1. The van der Waals surface area contributed by atoms with E-state index in [9.17, 15) is 19.2 Å². The number of amides is 3. The van der Waals surface area contributed by atoms with E-state index in [4.69, 9.17) is 10.8 Å².